The number of hydrogen-bond donors (Lipinski definition) is 2. The van der Waals surface area contributed by atoms with Crippen LogP contribution in [0.3, 0.4) is 0 Å². The predicted molar refractivity (Wildman–Crippen MR) is 63.3 cm³/mol. The monoisotopic (exact) mass is 232 g/mol. The first-order valence-electron chi connectivity index (χ1n) is 5.93. The fraction of sp³-hybridized carbons (Fsp3) is 0.909. The van der Waals surface area contributed by atoms with E-state index in [1.807, 2.05) is 18.7 Å². The average Bonchev–Trinajstić information content (AvgIpc) is 2.29. The van der Waals surface area contributed by atoms with Gasteiger partial charge in [0.2, 0.25) is 5.91 Å². The minimum atomic E-state index is 0.0560. The van der Waals surface area contributed by atoms with Gasteiger partial charge in [-0.3, -0.25) is 4.79 Å². The molecule has 0 heterocycles. The first kappa shape index (κ1) is 15.3. The summed E-state index contributed by atoms with van der Waals surface area (Å²) in [4.78, 5) is 13.4. The Labute approximate surface area is 97.8 Å². The number of aliphatic hydroxyl groups is 1. The Balaban J connectivity index is 3.33. The van der Waals surface area contributed by atoms with E-state index in [2.05, 4.69) is 5.32 Å². The summed E-state index contributed by atoms with van der Waals surface area (Å²) in [6.45, 7) is 7.91. The third-order valence-corrected chi connectivity index (χ3v) is 2.29. The van der Waals surface area contributed by atoms with Gasteiger partial charge in [0.05, 0.1) is 19.8 Å². The summed E-state index contributed by atoms with van der Waals surface area (Å²) < 4.78 is 5.07. The normalized spacial score (nSPS) is 10.4. The molecular formula is C11H24N2O3. The fourth-order valence-electron chi connectivity index (χ4n) is 1.37. The van der Waals surface area contributed by atoms with Gasteiger partial charge in [-0.2, -0.15) is 0 Å². The molecule has 0 saturated heterocycles. The molecule has 5 heteroatoms. The number of hydrogen-bond acceptors (Lipinski definition) is 4. The lowest BCUT2D eigenvalue weighted by Crippen LogP contribution is -2.33. The van der Waals surface area contributed by atoms with Crippen LogP contribution in [0.15, 0.2) is 0 Å². The maximum Gasteiger partial charge on any atom is 0.223 e. The van der Waals surface area contributed by atoms with Gasteiger partial charge >= 0.3 is 0 Å². The first-order chi connectivity index (χ1) is 7.76. The Kier molecular flexibility index (Phi) is 10.4. The highest BCUT2D eigenvalue weighted by Crippen LogP contribution is 1.92. The van der Waals surface area contributed by atoms with E-state index >= 15 is 0 Å². The standard InChI is InChI=1S/C11H24N2O3/c1-3-13(4-2)11(15)5-6-12-7-9-16-10-8-14/h12,14H,3-10H2,1-2H3. The van der Waals surface area contributed by atoms with Crippen molar-refractivity contribution in [2.45, 2.75) is 20.3 Å². The SMILES string of the molecule is CCN(CC)C(=O)CCNCCOCCO. The molecule has 0 bridgehead atoms. The van der Waals surface area contributed by atoms with Crippen molar-refractivity contribution in [1.29, 1.82) is 0 Å². The summed E-state index contributed by atoms with van der Waals surface area (Å²) in [7, 11) is 0. The molecule has 0 atom stereocenters. The Morgan fingerprint density at radius 3 is 2.50 bits per heavy atom. The maximum atomic E-state index is 11.6. The van der Waals surface area contributed by atoms with Crippen molar-refractivity contribution >= 4 is 5.91 Å². The zero-order valence-corrected chi connectivity index (χ0v) is 10.4. The van der Waals surface area contributed by atoms with Gasteiger partial charge in [0.1, 0.15) is 0 Å². The third-order valence-electron chi connectivity index (χ3n) is 2.29. The lowest BCUT2D eigenvalue weighted by Gasteiger charge is -2.18. The van der Waals surface area contributed by atoms with Crippen LogP contribution in [0.1, 0.15) is 20.3 Å². The van der Waals surface area contributed by atoms with Crippen molar-refractivity contribution in [2.75, 3.05) is 46.0 Å². The van der Waals surface area contributed by atoms with Crippen molar-refractivity contribution in [3.63, 3.8) is 0 Å². The van der Waals surface area contributed by atoms with Gasteiger partial charge in [0.25, 0.3) is 0 Å². The molecule has 2 N–H and O–H groups in total. The van der Waals surface area contributed by atoms with E-state index in [0.29, 0.717) is 32.7 Å². The van der Waals surface area contributed by atoms with Crippen LogP contribution in [-0.4, -0.2) is 61.9 Å². The van der Waals surface area contributed by atoms with Gasteiger partial charge in [-0.15, -0.1) is 0 Å². The number of ether oxygens (including phenoxy) is 1. The zero-order chi connectivity index (χ0) is 12.2. The van der Waals surface area contributed by atoms with E-state index in [4.69, 9.17) is 9.84 Å². The molecule has 0 aliphatic heterocycles. The highest BCUT2D eigenvalue weighted by Gasteiger charge is 2.07. The summed E-state index contributed by atoms with van der Waals surface area (Å²) in [5.74, 6) is 0.189. The van der Waals surface area contributed by atoms with Gasteiger partial charge in [-0.25, -0.2) is 0 Å². The van der Waals surface area contributed by atoms with Crippen LogP contribution in [0, 0.1) is 0 Å². The topological polar surface area (TPSA) is 61.8 Å². The van der Waals surface area contributed by atoms with Crippen LogP contribution in [0.4, 0.5) is 0 Å². The van der Waals surface area contributed by atoms with Crippen LogP contribution < -0.4 is 5.32 Å². The molecule has 5 nitrogen and oxygen atoms in total. The zero-order valence-electron chi connectivity index (χ0n) is 10.4. The molecule has 0 fully saturated rings. The molecule has 0 aromatic rings. The van der Waals surface area contributed by atoms with E-state index < -0.39 is 0 Å². The number of aliphatic hydroxyl groups excluding tert-OH is 1. The summed E-state index contributed by atoms with van der Waals surface area (Å²) >= 11 is 0. The van der Waals surface area contributed by atoms with Crippen LogP contribution in [-0.2, 0) is 9.53 Å². The van der Waals surface area contributed by atoms with Crippen molar-refractivity contribution < 1.29 is 14.6 Å². The van der Waals surface area contributed by atoms with Gasteiger partial charge < -0.3 is 20.1 Å². The molecule has 0 spiro atoms. The maximum absolute atomic E-state index is 11.6. The Morgan fingerprint density at radius 1 is 1.25 bits per heavy atom. The molecule has 0 radical (unpaired) electrons. The quantitative estimate of drug-likeness (QED) is 0.514. The van der Waals surface area contributed by atoms with Gasteiger partial charge in [-0.05, 0) is 13.8 Å². The summed E-state index contributed by atoms with van der Waals surface area (Å²) in [6.07, 6.45) is 0.529. The molecule has 1 amide bonds. The molecule has 0 aromatic heterocycles. The number of carbonyl (C=O) groups excluding carboxylic acids is 1. The van der Waals surface area contributed by atoms with E-state index in [0.717, 1.165) is 13.1 Å². The van der Waals surface area contributed by atoms with Crippen LogP contribution >= 0.6 is 0 Å². The van der Waals surface area contributed by atoms with Gasteiger partial charge in [-0.1, -0.05) is 0 Å². The van der Waals surface area contributed by atoms with Crippen LogP contribution in [0.25, 0.3) is 0 Å². The minimum absolute atomic E-state index is 0.0560. The number of rotatable bonds is 10. The largest absolute Gasteiger partial charge is 0.394 e. The van der Waals surface area contributed by atoms with E-state index in [9.17, 15) is 4.79 Å². The summed E-state index contributed by atoms with van der Waals surface area (Å²) in [5, 5.41) is 11.6. The lowest BCUT2D eigenvalue weighted by atomic mass is 10.3. The second-order valence-electron chi connectivity index (χ2n) is 3.40. The van der Waals surface area contributed by atoms with E-state index in [1.165, 1.54) is 0 Å². The first-order valence-corrected chi connectivity index (χ1v) is 5.93. The van der Waals surface area contributed by atoms with Crippen LogP contribution in [0.2, 0.25) is 0 Å². The van der Waals surface area contributed by atoms with E-state index in [-0.39, 0.29) is 12.5 Å². The number of nitrogens with zero attached hydrogens (tertiary/aromatic N) is 1. The van der Waals surface area contributed by atoms with Crippen molar-refractivity contribution in [1.82, 2.24) is 10.2 Å². The molecular weight excluding hydrogens is 208 g/mol. The smallest absolute Gasteiger partial charge is 0.223 e. The lowest BCUT2D eigenvalue weighted by molar-refractivity contribution is -0.130. The third kappa shape index (κ3) is 7.62. The minimum Gasteiger partial charge on any atom is -0.394 e. The van der Waals surface area contributed by atoms with Crippen molar-refractivity contribution in [3.05, 3.63) is 0 Å². The Bertz CT molecular complexity index is 173. The molecule has 0 aliphatic carbocycles. The van der Waals surface area contributed by atoms with Crippen molar-refractivity contribution in [3.8, 4) is 0 Å². The molecule has 0 aromatic carbocycles. The number of nitrogens with one attached hydrogen (secondary N) is 1. The summed E-state index contributed by atoms with van der Waals surface area (Å²) in [5.41, 5.74) is 0. The second kappa shape index (κ2) is 10.9. The number of carbonyl (C=O) groups is 1. The van der Waals surface area contributed by atoms with E-state index in [1.54, 1.807) is 0 Å². The predicted octanol–water partition coefficient (Wildman–Crippen LogP) is -0.157. The highest BCUT2D eigenvalue weighted by molar-refractivity contribution is 5.76. The van der Waals surface area contributed by atoms with Crippen LogP contribution in [0.5, 0.6) is 0 Å². The summed E-state index contributed by atoms with van der Waals surface area (Å²) in [6, 6.07) is 0. The van der Waals surface area contributed by atoms with Crippen molar-refractivity contribution in [2.24, 2.45) is 0 Å². The van der Waals surface area contributed by atoms with Gasteiger partial charge in [0, 0.05) is 32.6 Å². The molecule has 0 aliphatic rings. The average molecular weight is 232 g/mol. The fourth-order valence-corrected chi connectivity index (χ4v) is 1.37. The Hall–Kier alpha value is -0.650. The molecule has 0 saturated carbocycles. The Morgan fingerprint density at radius 2 is 1.94 bits per heavy atom. The second-order valence-corrected chi connectivity index (χ2v) is 3.40. The molecule has 0 rings (SSSR count). The number of amides is 1. The molecule has 16 heavy (non-hydrogen) atoms. The van der Waals surface area contributed by atoms with Gasteiger partial charge in [0.15, 0.2) is 0 Å². The molecule has 0 unspecified atom stereocenters. The molecule has 96 valence electrons. The highest BCUT2D eigenvalue weighted by atomic mass is 16.5.